The molecule has 1 aliphatic heterocycles. The van der Waals surface area contributed by atoms with Gasteiger partial charge in [-0.2, -0.15) is 0 Å². The van der Waals surface area contributed by atoms with Crippen LogP contribution in [-0.2, 0) is 9.53 Å². The lowest BCUT2D eigenvalue weighted by Gasteiger charge is -2.33. The van der Waals surface area contributed by atoms with Gasteiger partial charge in [0, 0.05) is 38.6 Å². The number of piperidine rings is 1. The van der Waals surface area contributed by atoms with Crippen LogP contribution in [0.2, 0.25) is 0 Å². The van der Waals surface area contributed by atoms with E-state index >= 15 is 0 Å². The van der Waals surface area contributed by atoms with Crippen LogP contribution in [0, 0.1) is 0 Å². The lowest BCUT2D eigenvalue weighted by atomic mass is 10.1. The second kappa shape index (κ2) is 7.50. The maximum Gasteiger partial charge on any atom is 0.226 e. The molecule has 1 saturated heterocycles. The number of aromatic amines is 1. The summed E-state index contributed by atoms with van der Waals surface area (Å²) >= 11 is 3.61. The lowest BCUT2D eigenvalue weighted by Crippen LogP contribution is -2.43. The summed E-state index contributed by atoms with van der Waals surface area (Å²) in [5.74, 6) is -0.0842. The van der Waals surface area contributed by atoms with E-state index in [0.717, 1.165) is 52.8 Å². The fourth-order valence-electron chi connectivity index (χ4n) is 3.08. The highest BCUT2D eigenvalue weighted by atomic mass is 79.9. The molecule has 1 unspecified atom stereocenters. The lowest BCUT2D eigenvalue weighted by molar-refractivity contribution is -0.117. The number of nitrogens with two attached hydrogens (primary N) is 1. The minimum absolute atomic E-state index is 0.0842. The van der Waals surface area contributed by atoms with Gasteiger partial charge < -0.3 is 25.7 Å². The topological polar surface area (TPSA) is 96.3 Å². The first-order valence-corrected chi connectivity index (χ1v) is 8.84. The molecule has 8 heteroatoms. The van der Waals surface area contributed by atoms with Crippen LogP contribution in [0.25, 0.3) is 11.0 Å². The van der Waals surface area contributed by atoms with Crippen LogP contribution < -0.4 is 16.0 Å². The molecular formula is C16H22BrN5O2. The van der Waals surface area contributed by atoms with Gasteiger partial charge in [-0.05, 0) is 28.8 Å². The van der Waals surface area contributed by atoms with Crippen molar-refractivity contribution in [3.8, 4) is 0 Å². The maximum atomic E-state index is 12.1. The van der Waals surface area contributed by atoms with Crippen molar-refractivity contribution in [2.24, 2.45) is 5.73 Å². The van der Waals surface area contributed by atoms with Crippen molar-refractivity contribution in [2.75, 3.05) is 37.0 Å². The highest BCUT2D eigenvalue weighted by Gasteiger charge is 2.23. The Morgan fingerprint density at radius 1 is 1.62 bits per heavy atom. The van der Waals surface area contributed by atoms with Crippen LogP contribution in [0.4, 0.5) is 11.4 Å². The fourth-order valence-corrected chi connectivity index (χ4v) is 3.64. The summed E-state index contributed by atoms with van der Waals surface area (Å²) < 4.78 is 5.86. The average molecular weight is 396 g/mol. The molecule has 0 aromatic carbocycles. The van der Waals surface area contributed by atoms with Crippen molar-refractivity contribution < 1.29 is 9.53 Å². The highest BCUT2D eigenvalue weighted by molar-refractivity contribution is 9.10. The molecule has 0 bridgehead atoms. The number of H-pyrrole nitrogens is 1. The summed E-state index contributed by atoms with van der Waals surface area (Å²) in [4.78, 5) is 21.9. The van der Waals surface area contributed by atoms with E-state index in [2.05, 4.69) is 36.1 Å². The van der Waals surface area contributed by atoms with Crippen LogP contribution in [0.1, 0.15) is 19.3 Å². The van der Waals surface area contributed by atoms with E-state index in [0.29, 0.717) is 13.0 Å². The molecule has 0 aliphatic carbocycles. The third kappa shape index (κ3) is 3.55. The zero-order valence-corrected chi connectivity index (χ0v) is 15.2. The zero-order chi connectivity index (χ0) is 17.1. The van der Waals surface area contributed by atoms with Crippen molar-refractivity contribution in [1.82, 2.24) is 9.97 Å². The molecule has 3 rings (SSSR count). The number of nitrogens with one attached hydrogen (secondary N) is 2. The number of anilines is 2. The molecule has 7 nitrogen and oxygen atoms in total. The van der Waals surface area contributed by atoms with Crippen molar-refractivity contribution in [3.05, 3.63) is 16.9 Å². The second-order valence-electron chi connectivity index (χ2n) is 6.02. The predicted molar refractivity (Wildman–Crippen MR) is 98.3 cm³/mol. The number of carbonyl (C=O) groups excluding carboxylic acids is 1. The Morgan fingerprint density at radius 3 is 3.21 bits per heavy atom. The fraction of sp³-hybridized carbons (Fsp3) is 0.500. The molecule has 3 heterocycles. The number of methoxy groups -OCH3 is 1. The number of ether oxygens (including phenoxy) is 1. The predicted octanol–water partition coefficient (Wildman–Crippen LogP) is 2.23. The molecule has 0 radical (unpaired) electrons. The minimum Gasteiger partial charge on any atom is -0.384 e. The highest BCUT2D eigenvalue weighted by Crippen LogP contribution is 2.38. The molecule has 2 aromatic heterocycles. The number of fused-ring (bicyclic) bond motifs is 1. The van der Waals surface area contributed by atoms with E-state index in [4.69, 9.17) is 10.5 Å². The molecule has 1 amide bonds. The van der Waals surface area contributed by atoms with Crippen LogP contribution in [-0.4, -0.2) is 48.7 Å². The molecular weight excluding hydrogens is 374 g/mol. The van der Waals surface area contributed by atoms with E-state index in [1.54, 1.807) is 19.5 Å². The standard InChI is InChI=1S/C16H22BrN5O2/c1-24-6-4-13(23)21-12-8-20-16-14(12)15(11(17)7-19-16)22-5-2-3-10(18)9-22/h7-8,10H,2-6,9,18H2,1H3,(H,19,20)(H,21,23). The molecule has 1 fully saturated rings. The van der Waals surface area contributed by atoms with Gasteiger partial charge >= 0.3 is 0 Å². The summed E-state index contributed by atoms with van der Waals surface area (Å²) in [6.45, 7) is 2.12. The number of rotatable bonds is 5. The number of halogens is 1. The third-order valence-electron chi connectivity index (χ3n) is 4.21. The molecule has 2 aromatic rings. The van der Waals surface area contributed by atoms with Gasteiger partial charge in [-0.25, -0.2) is 4.98 Å². The molecule has 1 aliphatic rings. The van der Waals surface area contributed by atoms with Gasteiger partial charge in [-0.1, -0.05) is 0 Å². The van der Waals surface area contributed by atoms with Gasteiger partial charge in [0.05, 0.1) is 34.3 Å². The Hall–Kier alpha value is -1.64. The minimum atomic E-state index is -0.0842. The van der Waals surface area contributed by atoms with E-state index in [1.165, 1.54) is 0 Å². The largest absolute Gasteiger partial charge is 0.384 e. The van der Waals surface area contributed by atoms with E-state index < -0.39 is 0 Å². The van der Waals surface area contributed by atoms with Gasteiger partial charge in [-0.15, -0.1) is 0 Å². The van der Waals surface area contributed by atoms with Gasteiger partial charge in [0.2, 0.25) is 5.91 Å². The van der Waals surface area contributed by atoms with E-state index in [-0.39, 0.29) is 11.9 Å². The SMILES string of the molecule is COCCC(=O)Nc1c[nH]c2ncc(Br)c(N3CCCC(N)C3)c12. The smallest absolute Gasteiger partial charge is 0.226 e. The summed E-state index contributed by atoms with van der Waals surface area (Å²) in [5.41, 5.74) is 8.64. The molecule has 1 atom stereocenters. The summed E-state index contributed by atoms with van der Waals surface area (Å²) in [5, 5.41) is 3.86. The first kappa shape index (κ1) is 17.2. The third-order valence-corrected chi connectivity index (χ3v) is 4.79. The van der Waals surface area contributed by atoms with Gasteiger partial charge in [0.25, 0.3) is 0 Å². The number of aromatic nitrogens is 2. The number of hydrogen-bond donors (Lipinski definition) is 3. The van der Waals surface area contributed by atoms with Crippen molar-refractivity contribution >= 4 is 44.2 Å². The Kier molecular flexibility index (Phi) is 5.37. The zero-order valence-electron chi connectivity index (χ0n) is 13.6. The summed E-state index contributed by atoms with van der Waals surface area (Å²) in [6.07, 6.45) is 5.97. The number of carbonyl (C=O) groups is 1. The Bertz CT molecular complexity index is 733. The van der Waals surface area contributed by atoms with E-state index in [9.17, 15) is 4.79 Å². The van der Waals surface area contributed by atoms with E-state index in [1.807, 2.05) is 0 Å². The average Bonchev–Trinajstić information content (AvgIpc) is 2.95. The van der Waals surface area contributed by atoms with Gasteiger partial charge in [0.1, 0.15) is 5.65 Å². The normalized spacial score (nSPS) is 18.1. The van der Waals surface area contributed by atoms with Crippen molar-refractivity contribution in [3.63, 3.8) is 0 Å². The van der Waals surface area contributed by atoms with Crippen LogP contribution >= 0.6 is 15.9 Å². The number of pyridine rings is 1. The Labute approximate surface area is 149 Å². The summed E-state index contributed by atoms with van der Waals surface area (Å²) in [6, 6.07) is 0.160. The number of amides is 1. The van der Waals surface area contributed by atoms with Crippen LogP contribution in [0.3, 0.4) is 0 Å². The molecule has 130 valence electrons. The number of nitrogens with zero attached hydrogens (tertiary/aromatic N) is 2. The van der Waals surface area contributed by atoms with Crippen LogP contribution in [0.5, 0.6) is 0 Å². The molecule has 24 heavy (non-hydrogen) atoms. The Morgan fingerprint density at radius 2 is 2.46 bits per heavy atom. The first-order valence-electron chi connectivity index (χ1n) is 8.05. The van der Waals surface area contributed by atoms with Crippen LogP contribution in [0.15, 0.2) is 16.9 Å². The van der Waals surface area contributed by atoms with Crippen molar-refractivity contribution in [2.45, 2.75) is 25.3 Å². The monoisotopic (exact) mass is 395 g/mol. The van der Waals surface area contributed by atoms with Crippen molar-refractivity contribution in [1.29, 1.82) is 0 Å². The Balaban J connectivity index is 1.96. The molecule has 0 saturated carbocycles. The first-order chi connectivity index (χ1) is 11.6. The molecule has 4 N–H and O–H groups in total. The number of hydrogen-bond acceptors (Lipinski definition) is 5. The van der Waals surface area contributed by atoms with Gasteiger partial charge in [-0.3, -0.25) is 4.79 Å². The quantitative estimate of drug-likeness (QED) is 0.720. The maximum absolute atomic E-state index is 12.1. The van der Waals surface area contributed by atoms with Gasteiger partial charge in [0.15, 0.2) is 0 Å². The molecule has 0 spiro atoms. The second-order valence-corrected chi connectivity index (χ2v) is 6.87. The summed E-state index contributed by atoms with van der Waals surface area (Å²) in [7, 11) is 1.58.